The van der Waals surface area contributed by atoms with Crippen molar-refractivity contribution in [3.05, 3.63) is 52.8 Å². The topological polar surface area (TPSA) is 45.3 Å². The number of nitrogens with one attached hydrogen (secondary N) is 1. The Kier molecular flexibility index (Phi) is 4.63. The molecule has 120 valence electrons. The van der Waals surface area contributed by atoms with E-state index in [1.54, 1.807) is 0 Å². The lowest BCUT2D eigenvalue weighted by molar-refractivity contribution is 0.223. The van der Waals surface area contributed by atoms with E-state index in [-0.39, 0.29) is 5.56 Å². The molecule has 23 heavy (non-hydrogen) atoms. The molecular formula is C19H22N2O2. The van der Waals surface area contributed by atoms with Gasteiger partial charge in [0.1, 0.15) is 12.4 Å². The first-order valence-electron chi connectivity index (χ1n) is 8.13. The van der Waals surface area contributed by atoms with Crippen LogP contribution in [-0.4, -0.2) is 36.1 Å². The molecule has 0 unspecified atom stereocenters. The van der Waals surface area contributed by atoms with Crippen LogP contribution in [-0.2, 0) is 0 Å². The second kappa shape index (κ2) is 6.84. The van der Waals surface area contributed by atoms with Gasteiger partial charge in [0.15, 0.2) is 0 Å². The Hall–Kier alpha value is -2.33. The van der Waals surface area contributed by atoms with Crippen LogP contribution in [0, 0.1) is 0 Å². The molecule has 1 heterocycles. The van der Waals surface area contributed by atoms with E-state index in [2.05, 4.69) is 23.7 Å². The molecule has 2 aromatic carbocycles. The number of aromatic amines is 1. The van der Waals surface area contributed by atoms with E-state index >= 15 is 0 Å². The number of likely N-dealkylation sites (N-methyl/N-ethyl adjacent to an activating group) is 1. The number of H-pyrrole nitrogens is 1. The molecule has 0 atom stereocenters. The summed E-state index contributed by atoms with van der Waals surface area (Å²) in [6, 6.07) is 13.6. The van der Waals surface area contributed by atoms with Crippen LogP contribution < -0.4 is 10.3 Å². The first-order chi connectivity index (χ1) is 11.2. The van der Waals surface area contributed by atoms with Crippen LogP contribution in [0.5, 0.6) is 5.75 Å². The summed E-state index contributed by atoms with van der Waals surface area (Å²) in [5, 5.41) is 2.68. The zero-order valence-electron chi connectivity index (χ0n) is 13.6. The summed E-state index contributed by atoms with van der Waals surface area (Å²) in [5.74, 6) is 0.741. The Morgan fingerprint density at radius 2 is 1.78 bits per heavy atom. The molecule has 0 aliphatic carbocycles. The predicted molar refractivity (Wildman–Crippen MR) is 95.4 cm³/mol. The number of para-hydroxylation sites is 1. The number of ether oxygens (including phenoxy) is 1. The first-order valence-corrected chi connectivity index (χ1v) is 8.13. The monoisotopic (exact) mass is 310 g/mol. The number of benzene rings is 2. The Labute approximate surface area is 135 Å². The van der Waals surface area contributed by atoms with Crippen molar-refractivity contribution in [2.45, 2.75) is 13.8 Å². The van der Waals surface area contributed by atoms with Gasteiger partial charge in [0.2, 0.25) is 0 Å². The third-order valence-corrected chi connectivity index (χ3v) is 4.27. The quantitative estimate of drug-likeness (QED) is 0.710. The minimum absolute atomic E-state index is 0.0760. The predicted octanol–water partition coefficient (Wildman–Crippen LogP) is 3.40. The Balaban J connectivity index is 1.89. The molecule has 3 aromatic rings. The Morgan fingerprint density at radius 3 is 2.57 bits per heavy atom. The van der Waals surface area contributed by atoms with Crippen LogP contribution in [0.15, 0.2) is 47.3 Å². The van der Waals surface area contributed by atoms with Gasteiger partial charge in [0.05, 0.1) is 5.39 Å². The van der Waals surface area contributed by atoms with Gasteiger partial charge < -0.3 is 14.6 Å². The van der Waals surface area contributed by atoms with Gasteiger partial charge in [-0.25, -0.2) is 0 Å². The number of aromatic nitrogens is 1. The summed E-state index contributed by atoms with van der Waals surface area (Å²) in [6.07, 6.45) is 0. The Bertz CT molecular complexity index is 866. The van der Waals surface area contributed by atoms with Crippen LogP contribution in [0.4, 0.5) is 0 Å². The van der Waals surface area contributed by atoms with Crippen LogP contribution >= 0.6 is 0 Å². The van der Waals surface area contributed by atoms with E-state index in [4.69, 9.17) is 4.74 Å². The van der Waals surface area contributed by atoms with E-state index in [0.717, 1.165) is 41.7 Å². The number of hydrogen-bond acceptors (Lipinski definition) is 3. The maximum absolute atomic E-state index is 12.3. The zero-order chi connectivity index (χ0) is 16.2. The molecule has 0 fully saturated rings. The maximum Gasteiger partial charge on any atom is 0.256 e. The summed E-state index contributed by atoms with van der Waals surface area (Å²) in [5.41, 5.74) is 0.785. The summed E-state index contributed by atoms with van der Waals surface area (Å²) in [6.45, 7) is 7.83. The van der Waals surface area contributed by atoms with Crippen molar-refractivity contribution in [1.29, 1.82) is 0 Å². The lowest BCUT2D eigenvalue weighted by atomic mass is 10.1. The molecule has 0 radical (unpaired) electrons. The number of fused-ring (bicyclic) bond motifs is 3. The number of pyridine rings is 1. The van der Waals surface area contributed by atoms with E-state index in [9.17, 15) is 4.79 Å². The van der Waals surface area contributed by atoms with Crippen molar-refractivity contribution >= 4 is 21.7 Å². The molecule has 4 heteroatoms. The molecule has 3 rings (SSSR count). The van der Waals surface area contributed by atoms with Gasteiger partial charge in [-0.3, -0.25) is 4.79 Å². The highest BCUT2D eigenvalue weighted by Gasteiger charge is 2.07. The van der Waals surface area contributed by atoms with E-state index < -0.39 is 0 Å². The highest BCUT2D eigenvalue weighted by molar-refractivity contribution is 6.05. The lowest BCUT2D eigenvalue weighted by Gasteiger charge is -2.18. The molecule has 0 spiro atoms. The number of rotatable bonds is 6. The average Bonchev–Trinajstić information content (AvgIpc) is 2.59. The highest BCUT2D eigenvalue weighted by Crippen LogP contribution is 2.24. The molecule has 0 aliphatic rings. The molecule has 0 amide bonds. The van der Waals surface area contributed by atoms with Gasteiger partial charge in [-0.1, -0.05) is 32.0 Å². The van der Waals surface area contributed by atoms with Crippen molar-refractivity contribution in [1.82, 2.24) is 9.88 Å². The molecule has 0 aliphatic heterocycles. The fourth-order valence-electron chi connectivity index (χ4n) is 2.88. The molecule has 0 saturated carbocycles. The molecular weight excluding hydrogens is 288 g/mol. The van der Waals surface area contributed by atoms with Crippen LogP contribution in [0.2, 0.25) is 0 Å². The third kappa shape index (κ3) is 3.22. The number of hydrogen-bond donors (Lipinski definition) is 1. The minimum atomic E-state index is -0.0760. The maximum atomic E-state index is 12.3. The van der Waals surface area contributed by atoms with Crippen molar-refractivity contribution in [3.63, 3.8) is 0 Å². The second-order valence-electron chi connectivity index (χ2n) is 5.58. The molecule has 1 N–H and O–H groups in total. The zero-order valence-corrected chi connectivity index (χ0v) is 13.6. The lowest BCUT2D eigenvalue weighted by Crippen LogP contribution is -2.27. The molecule has 4 nitrogen and oxygen atoms in total. The third-order valence-electron chi connectivity index (χ3n) is 4.27. The summed E-state index contributed by atoms with van der Waals surface area (Å²) in [4.78, 5) is 17.5. The summed E-state index contributed by atoms with van der Waals surface area (Å²) < 4.78 is 5.82. The Morgan fingerprint density at radius 1 is 1.00 bits per heavy atom. The van der Waals surface area contributed by atoms with Crippen LogP contribution in [0.1, 0.15) is 13.8 Å². The van der Waals surface area contributed by atoms with Crippen molar-refractivity contribution in [2.24, 2.45) is 0 Å². The van der Waals surface area contributed by atoms with E-state index in [0.29, 0.717) is 12.0 Å². The van der Waals surface area contributed by atoms with Gasteiger partial charge in [-0.05, 0) is 42.7 Å². The van der Waals surface area contributed by atoms with E-state index in [1.165, 1.54) is 0 Å². The van der Waals surface area contributed by atoms with Crippen molar-refractivity contribution < 1.29 is 4.74 Å². The first kappa shape index (κ1) is 15.6. The fourth-order valence-corrected chi connectivity index (χ4v) is 2.88. The smallest absolute Gasteiger partial charge is 0.256 e. The average molecular weight is 310 g/mol. The minimum Gasteiger partial charge on any atom is -0.492 e. The van der Waals surface area contributed by atoms with Crippen molar-refractivity contribution in [2.75, 3.05) is 26.2 Å². The summed E-state index contributed by atoms with van der Waals surface area (Å²) >= 11 is 0. The standard InChI is InChI=1S/C19H22N2O2/c1-3-21(4-2)11-12-23-14-9-10-15-16-7-5-6-8-18(16)20-19(22)17(15)13-14/h5-10,13H,3-4,11-12H2,1-2H3,(H,20,22). The van der Waals surface area contributed by atoms with Gasteiger partial charge in [-0.2, -0.15) is 0 Å². The molecule has 0 bridgehead atoms. The summed E-state index contributed by atoms with van der Waals surface area (Å²) in [7, 11) is 0. The SMILES string of the molecule is CCN(CC)CCOc1ccc2c(c1)c(=O)[nH]c1ccccc12. The number of nitrogens with zero attached hydrogens (tertiary/aromatic N) is 1. The van der Waals surface area contributed by atoms with Crippen molar-refractivity contribution in [3.8, 4) is 5.75 Å². The van der Waals surface area contributed by atoms with Gasteiger partial charge in [0, 0.05) is 17.4 Å². The van der Waals surface area contributed by atoms with E-state index in [1.807, 2.05) is 42.5 Å². The fraction of sp³-hybridized carbons (Fsp3) is 0.316. The largest absolute Gasteiger partial charge is 0.492 e. The van der Waals surface area contributed by atoms with Crippen LogP contribution in [0.25, 0.3) is 21.7 Å². The second-order valence-corrected chi connectivity index (χ2v) is 5.58. The highest BCUT2D eigenvalue weighted by atomic mass is 16.5. The van der Waals surface area contributed by atoms with Crippen LogP contribution in [0.3, 0.4) is 0 Å². The van der Waals surface area contributed by atoms with Gasteiger partial charge >= 0.3 is 0 Å². The van der Waals surface area contributed by atoms with Gasteiger partial charge in [0.25, 0.3) is 5.56 Å². The molecule has 0 saturated heterocycles. The normalized spacial score (nSPS) is 11.4. The molecule has 1 aromatic heterocycles. The van der Waals surface area contributed by atoms with Gasteiger partial charge in [-0.15, -0.1) is 0 Å².